The molecule has 4 nitrogen and oxygen atoms in total. The van der Waals surface area contributed by atoms with Crippen molar-refractivity contribution in [3.8, 4) is 0 Å². The molecule has 0 radical (unpaired) electrons. The van der Waals surface area contributed by atoms with Crippen molar-refractivity contribution in [1.82, 2.24) is 9.88 Å². The minimum absolute atomic E-state index is 0.256. The van der Waals surface area contributed by atoms with Crippen molar-refractivity contribution in [2.24, 2.45) is 0 Å². The summed E-state index contributed by atoms with van der Waals surface area (Å²) in [6, 6.07) is 17.6. The lowest BCUT2D eigenvalue weighted by Gasteiger charge is -2.12. The normalized spacial score (nSPS) is 10.6. The summed E-state index contributed by atoms with van der Waals surface area (Å²) in [6.45, 7) is 5.24. The molecule has 0 saturated carbocycles. The summed E-state index contributed by atoms with van der Waals surface area (Å²) in [6.07, 6.45) is 2.02. The fourth-order valence-electron chi connectivity index (χ4n) is 2.79. The zero-order chi connectivity index (χ0) is 18.5. The van der Waals surface area contributed by atoms with E-state index in [-0.39, 0.29) is 6.03 Å². The van der Waals surface area contributed by atoms with Gasteiger partial charge in [-0.1, -0.05) is 47.5 Å². The molecule has 134 valence electrons. The number of aromatic nitrogens is 1. The largest absolute Gasteiger partial charge is 0.345 e. The summed E-state index contributed by atoms with van der Waals surface area (Å²) in [4.78, 5) is 12.1. The molecule has 0 atom stereocenters. The predicted octanol–water partition coefficient (Wildman–Crippen LogP) is 5.13. The van der Waals surface area contributed by atoms with Crippen LogP contribution < -0.4 is 10.6 Å². The van der Waals surface area contributed by atoms with Crippen molar-refractivity contribution in [2.75, 3.05) is 5.32 Å². The maximum atomic E-state index is 12.1. The van der Waals surface area contributed by atoms with E-state index in [0.717, 1.165) is 17.8 Å². The van der Waals surface area contributed by atoms with Gasteiger partial charge in [0.05, 0.1) is 6.54 Å². The van der Waals surface area contributed by atoms with Gasteiger partial charge < -0.3 is 15.2 Å². The molecule has 2 amide bonds. The lowest BCUT2D eigenvalue weighted by Crippen LogP contribution is -2.29. The highest BCUT2D eigenvalue weighted by atomic mass is 35.5. The molecule has 0 saturated heterocycles. The molecule has 1 aromatic heterocycles. The molecule has 2 aromatic carbocycles. The Bertz CT molecular complexity index is 917. The Morgan fingerprint density at radius 3 is 2.69 bits per heavy atom. The Morgan fingerprint density at radius 1 is 1.08 bits per heavy atom. The molecule has 3 rings (SSSR count). The number of halogens is 1. The van der Waals surface area contributed by atoms with Gasteiger partial charge in [0.25, 0.3) is 0 Å². The molecular formula is C21H22ClN3O. The minimum atomic E-state index is -0.256. The average Bonchev–Trinajstić information content (AvgIpc) is 3.03. The first kappa shape index (κ1) is 18.1. The Hall–Kier alpha value is -2.72. The van der Waals surface area contributed by atoms with Crippen LogP contribution in [-0.2, 0) is 13.1 Å². The van der Waals surface area contributed by atoms with Crippen LogP contribution >= 0.6 is 11.6 Å². The van der Waals surface area contributed by atoms with Crippen LogP contribution in [0.15, 0.2) is 60.8 Å². The second-order valence-corrected chi connectivity index (χ2v) is 6.80. The van der Waals surface area contributed by atoms with E-state index in [0.29, 0.717) is 17.3 Å². The van der Waals surface area contributed by atoms with Gasteiger partial charge in [-0.2, -0.15) is 0 Å². The summed E-state index contributed by atoms with van der Waals surface area (Å²) in [7, 11) is 0. The van der Waals surface area contributed by atoms with Crippen molar-refractivity contribution >= 4 is 23.3 Å². The number of rotatable bonds is 5. The average molecular weight is 368 g/mol. The van der Waals surface area contributed by atoms with Crippen molar-refractivity contribution < 1.29 is 4.79 Å². The molecule has 5 heteroatoms. The van der Waals surface area contributed by atoms with E-state index in [1.54, 1.807) is 6.07 Å². The van der Waals surface area contributed by atoms with Crippen LogP contribution in [0.25, 0.3) is 0 Å². The standard InChI is InChI=1S/C21H22ClN3O/c1-15-5-3-6-17(11-15)14-25-10-4-7-19(25)13-23-21(26)24-18-9-8-16(2)20(22)12-18/h3-12H,13-14H2,1-2H3,(H2,23,24,26). The van der Waals surface area contributed by atoms with Gasteiger partial charge in [-0.15, -0.1) is 0 Å². The highest BCUT2D eigenvalue weighted by molar-refractivity contribution is 6.31. The summed E-state index contributed by atoms with van der Waals surface area (Å²) < 4.78 is 2.14. The fourth-order valence-corrected chi connectivity index (χ4v) is 2.97. The summed E-state index contributed by atoms with van der Waals surface area (Å²) in [5.41, 5.74) is 5.18. The third-order valence-corrected chi connectivity index (χ3v) is 4.63. The van der Waals surface area contributed by atoms with Crippen LogP contribution in [0.4, 0.5) is 10.5 Å². The maximum Gasteiger partial charge on any atom is 0.319 e. The fraction of sp³-hybridized carbons (Fsp3) is 0.190. The number of nitrogens with zero attached hydrogens (tertiary/aromatic N) is 1. The molecule has 0 spiro atoms. The zero-order valence-electron chi connectivity index (χ0n) is 14.9. The third kappa shape index (κ3) is 4.67. The van der Waals surface area contributed by atoms with Gasteiger partial charge in [0, 0.05) is 29.1 Å². The van der Waals surface area contributed by atoms with Crippen molar-refractivity contribution in [3.63, 3.8) is 0 Å². The lowest BCUT2D eigenvalue weighted by molar-refractivity contribution is 0.251. The molecule has 2 N–H and O–H groups in total. The van der Waals surface area contributed by atoms with Gasteiger partial charge in [0.1, 0.15) is 0 Å². The number of benzene rings is 2. The van der Waals surface area contributed by atoms with E-state index in [1.165, 1.54) is 11.1 Å². The van der Waals surface area contributed by atoms with Gasteiger partial charge >= 0.3 is 6.03 Å². The molecule has 1 heterocycles. The molecule has 0 aliphatic carbocycles. The lowest BCUT2D eigenvalue weighted by atomic mass is 10.1. The number of hydrogen-bond donors (Lipinski definition) is 2. The number of hydrogen-bond acceptors (Lipinski definition) is 1. The minimum Gasteiger partial charge on any atom is -0.345 e. The van der Waals surface area contributed by atoms with Crippen molar-refractivity contribution in [1.29, 1.82) is 0 Å². The molecule has 0 aliphatic rings. The van der Waals surface area contributed by atoms with Crippen LogP contribution in [0.1, 0.15) is 22.4 Å². The van der Waals surface area contributed by atoms with Crippen molar-refractivity contribution in [2.45, 2.75) is 26.9 Å². The van der Waals surface area contributed by atoms with Gasteiger partial charge in [-0.25, -0.2) is 4.79 Å². The molecule has 0 aliphatic heterocycles. The van der Waals surface area contributed by atoms with Gasteiger partial charge in [-0.05, 0) is 49.2 Å². The summed E-state index contributed by atoms with van der Waals surface area (Å²) >= 11 is 6.09. The van der Waals surface area contributed by atoms with E-state index in [4.69, 9.17) is 11.6 Å². The smallest absolute Gasteiger partial charge is 0.319 e. The van der Waals surface area contributed by atoms with E-state index >= 15 is 0 Å². The zero-order valence-corrected chi connectivity index (χ0v) is 15.7. The Morgan fingerprint density at radius 2 is 1.92 bits per heavy atom. The van der Waals surface area contributed by atoms with Crippen LogP contribution in [0.2, 0.25) is 5.02 Å². The molecular weight excluding hydrogens is 346 g/mol. The second-order valence-electron chi connectivity index (χ2n) is 6.39. The van der Waals surface area contributed by atoms with Gasteiger partial charge in [0.2, 0.25) is 0 Å². The highest BCUT2D eigenvalue weighted by Gasteiger charge is 2.06. The molecule has 3 aromatic rings. The first-order valence-corrected chi connectivity index (χ1v) is 8.89. The number of carbonyl (C=O) groups excluding carboxylic acids is 1. The predicted molar refractivity (Wildman–Crippen MR) is 107 cm³/mol. The quantitative estimate of drug-likeness (QED) is 0.645. The number of amides is 2. The van der Waals surface area contributed by atoms with Crippen LogP contribution in [-0.4, -0.2) is 10.6 Å². The highest BCUT2D eigenvalue weighted by Crippen LogP contribution is 2.19. The summed E-state index contributed by atoms with van der Waals surface area (Å²) in [5.74, 6) is 0. The Kier molecular flexibility index (Phi) is 5.64. The Labute approximate surface area is 158 Å². The maximum absolute atomic E-state index is 12.1. The van der Waals surface area contributed by atoms with Gasteiger partial charge in [-0.3, -0.25) is 0 Å². The van der Waals surface area contributed by atoms with Crippen LogP contribution in [0.5, 0.6) is 0 Å². The third-order valence-electron chi connectivity index (χ3n) is 4.22. The summed E-state index contributed by atoms with van der Waals surface area (Å²) in [5, 5.41) is 6.33. The first-order chi connectivity index (χ1) is 12.5. The topological polar surface area (TPSA) is 46.1 Å². The number of nitrogens with one attached hydrogen (secondary N) is 2. The molecule has 26 heavy (non-hydrogen) atoms. The van der Waals surface area contributed by atoms with E-state index in [1.807, 2.05) is 37.4 Å². The number of carbonyl (C=O) groups is 1. The molecule has 0 unspecified atom stereocenters. The SMILES string of the molecule is Cc1cccc(Cn2cccc2CNC(=O)Nc2ccc(C)c(Cl)c2)c1. The van der Waals surface area contributed by atoms with E-state index in [2.05, 4.69) is 46.4 Å². The van der Waals surface area contributed by atoms with E-state index in [9.17, 15) is 4.79 Å². The second kappa shape index (κ2) is 8.11. The van der Waals surface area contributed by atoms with E-state index < -0.39 is 0 Å². The monoisotopic (exact) mass is 367 g/mol. The first-order valence-electron chi connectivity index (χ1n) is 8.52. The number of aryl methyl sites for hydroxylation is 2. The Balaban J connectivity index is 1.59. The van der Waals surface area contributed by atoms with Crippen LogP contribution in [0, 0.1) is 13.8 Å². The van der Waals surface area contributed by atoms with Crippen molar-refractivity contribution in [3.05, 3.63) is 88.2 Å². The van der Waals surface area contributed by atoms with Gasteiger partial charge in [0.15, 0.2) is 0 Å². The van der Waals surface area contributed by atoms with Crippen LogP contribution in [0.3, 0.4) is 0 Å². The number of urea groups is 1. The molecule has 0 bridgehead atoms. The number of anilines is 1. The molecule has 0 fully saturated rings.